The maximum absolute atomic E-state index is 13.0. The van der Waals surface area contributed by atoms with Gasteiger partial charge < -0.3 is 0 Å². The van der Waals surface area contributed by atoms with Gasteiger partial charge in [-0.05, 0) is 69.3 Å². The summed E-state index contributed by atoms with van der Waals surface area (Å²) < 4.78 is 38.9. The van der Waals surface area contributed by atoms with Crippen LogP contribution in [0.25, 0.3) is 10.6 Å². The molecule has 0 saturated heterocycles. The standard InChI is InChI=1S/C19H19FN4O3S2/c1-19(2,3)29(26,27)24-15-10-6-12(7-11-15)16(25)21-18-23-22-17(28-18)13-4-8-14(20)9-5-13/h4-11,24H,1-3H3,(H,21,23,25). The molecule has 0 bridgehead atoms. The molecule has 1 heterocycles. The van der Waals surface area contributed by atoms with Gasteiger partial charge in [0.2, 0.25) is 15.2 Å². The van der Waals surface area contributed by atoms with Crippen molar-refractivity contribution in [2.24, 2.45) is 0 Å². The Morgan fingerprint density at radius 1 is 1.00 bits per heavy atom. The number of aromatic nitrogens is 2. The number of halogens is 1. The number of nitrogens with one attached hydrogen (secondary N) is 2. The molecule has 1 amide bonds. The Hall–Kier alpha value is -2.85. The fourth-order valence-corrected chi connectivity index (χ4v) is 3.65. The number of rotatable bonds is 5. The van der Waals surface area contributed by atoms with Crippen molar-refractivity contribution in [3.63, 3.8) is 0 Å². The quantitative estimate of drug-likeness (QED) is 0.629. The van der Waals surface area contributed by atoms with E-state index in [0.717, 1.165) is 11.3 Å². The third-order valence-corrected chi connectivity index (χ3v) is 6.95. The highest BCUT2D eigenvalue weighted by Gasteiger charge is 2.28. The van der Waals surface area contributed by atoms with Crippen LogP contribution in [0, 0.1) is 5.82 Å². The first-order valence-electron chi connectivity index (χ1n) is 8.58. The Kier molecular flexibility index (Phi) is 5.67. The van der Waals surface area contributed by atoms with E-state index in [0.29, 0.717) is 27.0 Å². The zero-order valence-corrected chi connectivity index (χ0v) is 17.6. The molecule has 10 heteroatoms. The summed E-state index contributed by atoms with van der Waals surface area (Å²) in [5.74, 6) is -0.753. The highest BCUT2D eigenvalue weighted by Crippen LogP contribution is 2.27. The van der Waals surface area contributed by atoms with Crippen LogP contribution in [-0.4, -0.2) is 29.3 Å². The fraction of sp³-hybridized carbons (Fsp3) is 0.211. The first kappa shape index (κ1) is 20.9. The van der Waals surface area contributed by atoms with Gasteiger partial charge in [-0.15, -0.1) is 10.2 Å². The zero-order chi connectivity index (χ0) is 21.2. The topological polar surface area (TPSA) is 101 Å². The SMILES string of the molecule is CC(C)(C)S(=O)(=O)Nc1ccc(C(=O)Nc2nnc(-c3ccc(F)cc3)s2)cc1. The summed E-state index contributed by atoms with van der Waals surface area (Å²) >= 11 is 1.16. The van der Waals surface area contributed by atoms with Crippen molar-refractivity contribution < 1.29 is 17.6 Å². The van der Waals surface area contributed by atoms with Gasteiger partial charge in [0.05, 0.1) is 4.75 Å². The second kappa shape index (κ2) is 7.88. The van der Waals surface area contributed by atoms with Crippen molar-refractivity contribution in [1.82, 2.24) is 10.2 Å². The Balaban J connectivity index is 1.68. The molecule has 0 spiro atoms. The molecule has 2 aromatic carbocycles. The molecule has 152 valence electrons. The maximum Gasteiger partial charge on any atom is 0.257 e. The number of nitrogens with zero attached hydrogens (tertiary/aromatic N) is 2. The van der Waals surface area contributed by atoms with E-state index < -0.39 is 20.7 Å². The first-order chi connectivity index (χ1) is 13.5. The largest absolute Gasteiger partial charge is 0.296 e. The Bertz CT molecular complexity index is 1120. The molecule has 0 aliphatic rings. The van der Waals surface area contributed by atoms with Gasteiger partial charge in [-0.3, -0.25) is 14.8 Å². The van der Waals surface area contributed by atoms with Crippen LogP contribution < -0.4 is 10.0 Å². The minimum atomic E-state index is -3.55. The smallest absolute Gasteiger partial charge is 0.257 e. The van der Waals surface area contributed by atoms with E-state index in [2.05, 4.69) is 20.2 Å². The predicted molar refractivity (Wildman–Crippen MR) is 112 cm³/mol. The van der Waals surface area contributed by atoms with Gasteiger partial charge in [0.1, 0.15) is 10.8 Å². The summed E-state index contributed by atoms with van der Waals surface area (Å²) in [7, 11) is -3.55. The maximum atomic E-state index is 13.0. The Labute approximate surface area is 172 Å². The molecule has 1 aromatic heterocycles. The van der Waals surface area contributed by atoms with Crippen LogP contribution in [-0.2, 0) is 10.0 Å². The summed E-state index contributed by atoms with van der Waals surface area (Å²) in [5, 5.41) is 11.4. The lowest BCUT2D eigenvalue weighted by Crippen LogP contribution is -2.33. The first-order valence-corrected chi connectivity index (χ1v) is 10.9. The number of carbonyl (C=O) groups is 1. The van der Waals surface area contributed by atoms with Crippen molar-refractivity contribution in [2.45, 2.75) is 25.5 Å². The van der Waals surface area contributed by atoms with Gasteiger partial charge in [-0.2, -0.15) is 0 Å². The van der Waals surface area contributed by atoms with Gasteiger partial charge in [0, 0.05) is 16.8 Å². The highest BCUT2D eigenvalue weighted by molar-refractivity contribution is 7.94. The lowest BCUT2D eigenvalue weighted by atomic mass is 10.2. The molecule has 3 rings (SSSR count). The molecule has 3 aromatic rings. The number of hydrogen-bond acceptors (Lipinski definition) is 6. The summed E-state index contributed by atoms with van der Waals surface area (Å²) in [4.78, 5) is 12.4. The van der Waals surface area contributed by atoms with E-state index in [-0.39, 0.29) is 5.82 Å². The second-order valence-electron chi connectivity index (χ2n) is 7.17. The Morgan fingerprint density at radius 3 is 2.21 bits per heavy atom. The van der Waals surface area contributed by atoms with Crippen LogP contribution in [0.2, 0.25) is 0 Å². The van der Waals surface area contributed by atoms with Crippen LogP contribution in [0.1, 0.15) is 31.1 Å². The molecule has 2 N–H and O–H groups in total. The molecule has 29 heavy (non-hydrogen) atoms. The van der Waals surface area contributed by atoms with Crippen LogP contribution >= 0.6 is 11.3 Å². The van der Waals surface area contributed by atoms with E-state index in [1.165, 1.54) is 36.4 Å². The number of anilines is 2. The van der Waals surface area contributed by atoms with Gasteiger partial charge in [0.25, 0.3) is 5.91 Å². The van der Waals surface area contributed by atoms with Crippen LogP contribution in [0.4, 0.5) is 15.2 Å². The summed E-state index contributed by atoms with van der Waals surface area (Å²) in [6, 6.07) is 11.9. The molecule has 0 fully saturated rings. The number of hydrogen-bond donors (Lipinski definition) is 2. The van der Waals surface area contributed by atoms with Crippen molar-refractivity contribution in [1.29, 1.82) is 0 Å². The minimum Gasteiger partial charge on any atom is -0.296 e. The third kappa shape index (κ3) is 4.96. The third-order valence-electron chi connectivity index (χ3n) is 3.94. The highest BCUT2D eigenvalue weighted by atomic mass is 32.2. The molecular formula is C19H19FN4O3S2. The van der Waals surface area contributed by atoms with Crippen LogP contribution in [0.5, 0.6) is 0 Å². The normalized spacial score (nSPS) is 11.9. The molecular weight excluding hydrogens is 415 g/mol. The van der Waals surface area contributed by atoms with Crippen LogP contribution in [0.3, 0.4) is 0 Å². The molecule has 0 radical (unpaired) electrons. The average molecular weight is 435 g/mol. The summed E-state index contributed by atoms with van der Waals surface area (Å²) in [6.45, 7) is 4.79. The van der Waals surface area contributed by atoms with Gasteiger partial charge in [-0.1, -0.05) is 11.3 Å². The number of amides is 1. The number of benzene rings is 2. The van der Waals surface area contributed by atoms with E-state index in [1.54, 1.807) is 32.9 Å². The van der Waals surface area contributed by atoms with E-state index >= 15 is 0 Å². The van der Waals surface area contributed by atoms with E-state index in [1.807, 2.05) is 0 Å². The molecule has 7 nitrogen and oxygen atoms in total. The molecule has 0 aliphatic carbocycles. The molecule has 0 unspecified atom stereocenters. The number of carbonyl (C=O) groups excluding carboxylic acids is 1. The van der Waals surface area contributed by atoms with E-state index in [4.69, 9.17) is 0 Å². The zero-order valence-electron chi connectivity index (χ0n) is 15.9. The average Bonchev–Trinajstić information content (AvgIpc) is 3.10. The summed E-state index contributed by atoms with van der Waals surface area (Å²) in [5.41, 5.74) is 1.40. The van der Waals surface area contributed by atoms with Gasteiger partial charge in [-0.25, -0.2) is 12.8 Å². The van der Waals surface area contributed by atoms with Gasteiger partial charge >= 0.3 is 0 Å². The van der Waals surface area contributed by atoms with E-state index in [9.17, 15) is 17.6 Å². The van der Waals surface area contributed by atoms with Crippen molar-refractivity contribution in [3.8, 4) is 10.6 Å². The molecule has 0 aliphatic heterocycles. The van der Waals surface area contributed by atoms with Crippen molar-refractivity contribution >= 4 is 38.1 Å². The Morgan fingerprint density at radius 2 is 1.62 bits per heavy atom. The lowest BCUT2D eigenvalue weighted by molar-refractivity contribution is 0.102. The van der Waals surface area contributed by atoms with Crippen LogP contribution in [0.15, 0.2) is 48.5 Å². The molecule has 0 saturated carbocycles. The van der Waals surface area contributed by atoms with Crippen molar-refractivity contribution in [2.75, 3.05) is 10.0 Å². The second-order valence-corrected chi connectivity index (χ2v) is 10.6. The molecule has 0 atom stereocenters. The minimum absolute atomic E-state index is 0.298. The lowest BCUT2D eigenvalue weighted by Gasteiger charge is -2.20. The predicted octanol–water partition coefficient (Wildman–Crippen LogP) is 4.14. The monoisotopic (exact) mass is 434 g/mol. The van der Waals surface area contributed by atoms with Gasteiger partial charge in [0.15, 0.2) is 0 Å². The fourth-order valence-electron chi connectivity index (χ4n) is 2.15. The number of sulfonamides is 1. The van der Waals surface area contributed by atoms with Crippen molar-refractivity contribution in [3.05, 3.63) is 59.9 Å². The summed E-state index contributed by atoms with van der Waals surface area (Å²) in [6.07, 6.45) is 0.